The van der Waals surface area contributed by atoms with E-state index in [4.69, 9.17) is 5.73 Å². The minimum Gasteiger partial charge on any atom is -0.335 e. The second kappa shape index (κ2) is 9.63. The van der Waals surface area contributed by atoms with Crippen LogP contribution in [0.15, 0.2) is 42.5 Å². The molecule has 3 unspecified atom stereocenters. The van der Waals surface area contributed by atoms with Crippen molar-refractivity contribution < 1.29 is 9.59 Å². The van der Waals surface area contributed by atoms with Gasteiger partial charge in [-0.05, 0) is 37.6 Å². The van der Waals surface area contributed by atoms with Gasteiger partial charge in [0.05, 0.1) is 0 Å². The van der Waals surface area contributed by atoms with Crippen molar-refractivity contribution in [3.05, 3.63) is 48.0 Å². The van der Waals surface area contributed by atoms with Gasteiger partial charge in [-0.15, -0.1) is 0 Å². The van der Waals surface area contributed by atoms with E-state index in [1.165, 1.54) is 0 Å². The van der Waals surface area contributed by atoms with Gasteiger partial charge in [-0.25, -0.2) is 0 Å². The van der Waals surface area contributed by atoms with Gasteiger partial charge in [0.25, 0.3) is 5.91 Å². The van der Waals surface area contributed by atoms with Crippen molar-refractivity contribution in [2.75, 3.05) is 31.9 Å². The van der Waals surface area contributed by atoms with Gasteiger partial charge in [0.2, 0.25) is 5.91 Å². The fourth-order valence-electron chi connectivity index (χ4n) is 4.50. The van der Waals surface area contributed by atoms with Crippen LogP contribution in [0.2, 0.25) is 0 Å². The lowest BCUT2D eigenvalue weighted by molar-refractivity contribution is -0.138. The monoisotopic (exact) mass is 472 g/mol. The summed E-state index contributed by atoms with van der Waals surface area (Å²) >= 11 is 0. The van der Waals surface area contributed by atoms with Crippen LogP contribution in [0.4, 0.5) is 0 Å². The van der Waals surface area contributed by atoms with Crippen molar-refractivity contribution in [2.24, 2.45) is 5.73 Å². The third-order valence-corrected chi connectivity index (χ3v) is 9.70. The van der Waals surface area contributed by atoms with Crippen LogP contribution in [0.1, 0.15) is 31.1 Å². The summed E-state index contributed by atoms with van der Waals surface area (Å²) in [5.74, 6) is 0.998. The number of carbonyl (C=O) groups excluding carboxylic acids is 2. The Morgan fingerprint density at radius 1 is 1.12 bits per heavy atom. The predicted octanol–water partition coefficient (Wildman–Crippen LogP) is 2.97. The number of piperazine rings is 1. The summed E-state index contributed by atoms with van der Waals surface area (Å²) in [7, 11) is 3.47. The summed E-state index contributed by atoms with van der Waals surface area (Å²) in [5, 5.41) is 5.46. The maximum atomic E-state index is 13.6. The van der Waals surface area contributed by atoms with Crippen molar-refractivity contribution in [3.8, 4) is 0 Å². The zero-order valence-corrected chi connectivity index (χ0v) is 20.5. The highest BCUT2D eigenvalue weighted by Crippen LogP contribution is 2.40. The van der Waals surface area contributed by atoms with E-state index in [1.54, 1.807) is 21.6 Å². The molecule has 32 heavy (non-hydrogen) atoms. The fourth-order valence-corrected chi connectivity index (χ4v) is 7.37. The number of carbonyl (C=O) groups is 2. The van der Waals surface area contributed by atoms with E-state index in [-0.39, 0.29) is 34.7 Å². The Balaban J connectivity index is 1.48. The number of fused-ring (bicyclic) bond motifs is 1. The van der Waals surface area contributed by atoms with E-state index in [0.717, 1.165) is 22.1 Å². The smallest absolute Gasteiger partial charge is 0.254 e. The van der Waals surface area contributed by atoms with Gasteiger partial charge in [0.1, 0.15) is 6.04 Å². The third kappa shape index (κ3) is 4.78. The van der Waals surface area contributed by atoms with Crippen molar-refractivity contribution in [3.63, 3.8) is 0 Å². The fraction of sp³-hybridized carbons (Fsp3) is 0.500. The highest BCUT2D eigenvalue weighted by Gasteiger charge is 2.42. The maximum absolute atomic E-state index is 13.6. The van der Waals surface area contributed by atoms with Gasteiger partial charge < -0.3 is 20.9 Å². The topological polar surface area (TPSA) is 78.7 Å². The molecule has 6 nitrogen and oxygen atoms in total. The zero-order valence-electron chi connectivity index (χ0n) is 18.9. The number of rotatable bonds is 2. The largest absolute Gasteiger partial charge is 0.335 e. The Hall–Kier alpha value is -1.74. The molecule has 0 aliphatic carbocycles. The summed E-state index contributed by atoms with van der Waals surface area (Å²) < 4.78 is -0.252. The van der Waals surface area contributed by atoms with E-state index in [0.29, 0.717) is 26.2 Å². The summed E-state index contributed by atoms with van der Waals surface area (Å²) in [6.45, 7) is 8.49. The first-order chi connectivity index (χ1) is 15.3. The number of hydrogen-bond acceptors (Lipinski definition) is 6. The van der Waals surface area contributed by atoms with E-state index in [2.05, 4.69) is 19.2 Å². The molecular formula is C24H32N4O2S2. The molecule has 0 saturated carbocycles. The van der Waals surface area contributed by atoms with E-state index >= 15 is 0 Å². The Bertz CT molecular complexity index is 994. The van der Waals surface area contributed by atoms with Gasteiger partial charge in [-0.1, -0.05) is 58.0 Å². The molecule has 2 saturated heterocycles. The number of amides is 2. The minimum atomic E-state index is -0.311. The molecule has 2 heterocycles. The molecular weight excluding hydrogens is 440 g/mol. The molecule has 0 aromatic heterocycles. The molecule has 2 amide bonds. The van der Waals surface area contributed by atoms with Crippen LogP contribution in [-0.2, 0) is 4.79 Å². The number of nitrogens with zero attached hydrogens (tertiary/aromatic N) is 2. The lowest BCUT2D eigenvalue weighted by Crippen LogP contribution is -2.63. The quantitative estimate of drug-likeness (QED) is 0.655. The van der Waals surface area contributed by atoms with Crippen LogP contribution >= 0.6 is 21.6 Å². The first-order valence-corrected chi connectivity index (χ1v) is 13.5. The zero-order chi connectivity index (χ0) is 22.9. The Morgan fingerprint density at radius 3 is 2.66 bits per heavy atom. The average molecular weight is 473 g/mol. The minimum absolute atomic E-state index is 0.0306. The Morgan fingerprint density at radius 2 is 1.88 bits per heavy atom. The first kappa shape index (κ1) is 23.4. The second-order valence-electron chi connectivity index (χ2n) is 9.23. The van der Waals surface area contributed by atoms with E-state index < -0.39 is 0 Å². The van der Waals surface area contributed by atoms with Crippen LogP contribution in [0.5, 0.6) is 0 Å². The molecule has 0 spiro atoms. The van der Waals surface area contributed by atoms with E-state index in [1.807, 2.05) is 59.2 Å². The Labute approximate surface area is 198 Å². The van der Waals surface area contributed by atoms with Crippen molar-refractivity contribution in [1.29, 1.82) is 0 Å². The molecule has 4 rings (SSSR count). The number of hydrogen-bond donors (Lipinski definition) is 2. The molecule has 2 aliphatic rings. The average Bonchev–Trinajstić information content (AvgIpc) is 2.77. The molecule has 3 atom stereocenters. The van der Waals surface area contributed by atoms with Crippen molar-refractivity contribution >= 4 is 44.2 Å². The molecule has 8 heteroatoms. The lowest BCUT2D eigenvalue weighted by atomic mass is 9.99. The molecule has 172 valence electrons. The highest BCUT2D eigenvalue weighted by atomic mass is 33.1. The lowest BCUT2D eigenvalue weighted by Gasteiger charge is -2.44. The number of nitrogens with one attached hydrogen (secondary N) is 1. The van der Waals surface area contributed by atoms with Gasteiger partial charge in [-0.3, -0.25) is 9.59 Å². The van der Waals surface area contributed by atoms with Gasteiger partial charge in [0.15, 0.2) is 0 Å². The molecule has 0 radical (unpaired) electrons. The van der Waals surface area contributed by atoms with Crippen LogP contribution in [0, 0.1) is 0 Å². The molecule has 2 aromatic carbocycles. The molecule has 2 aliphatic heterocycles. The summed E-state index contributed by atoms with van der Waals surface area (Å²) in [4.78, 5) is 30.7. The summed E-state index contributed by atoms with van der Waals surface area (Å²) in [6, 6.07) is 13.5. The predicted molar refractivity (Wildman–Crippen MR) is 135 cm³/mol. The van der Waals surface area contributed by atoms with Crippen LogP contribution < -0.4 is 11.1 Å². The molecule has 2 fully saturated rings. The third-order valence-electron chi connectivity index (χ3n) is 6.30. The molecule has 0 bridgehead atoms. The standard InChI is InChI=1S/C24H32N4O2S2/c1-16-14-27(22(29)20-10-6-8-17-7-4-5-9-19(17)20)11-12-28(16)23(30)21-24(2,3)32-31-15-18(25)13-26-21/h4-10,16,18,21,26H,11-15,25H2,1-3H3. The van der Waals surface area contributed by atoms with Gasteiger partial charge >= 0.3 is 0 Å². The van der Waals surface area contributed by atoms with E-state index in [9.17, 15) is 9.59 Å². The van der Waals surface area contributed by atoms with Gasteiger partial charge in [0, 0.05) is 54.3 Å². The van der Waals surface area contributed by atoms with Crippen LogP contribution in [-0.4, -0.2) is 76.4 Å². The first-order valence-electron chi connectivity index (χ1n) is 11.1. The van der Waals surface area contributed by atoms with Crippen LogP contribution in [0.3, 0.4) is 0 Å². The molecule has 3 N–H and O–H groups in total. The SMILES string of the molecule is CC1CN(C(=O)c2cccc3ccccc23)CCN1C(=O)C1NCC(N)CSSC1(C)C. The maximum Gasteiger partial charge on any atom is 0.254 e. The normalized spacial score (nSPS) is 26.4. The van der Waals surface area contributed by atoms with Crippen molar-refractivity contribution in [2.45, 2.75) is 43.6 Å². The van der Waals surface area contributed by atoms with Crippen molar-refractivity contribution in [1.82, 2.24) is 15.1 Å². The Kier molecular flexibility index (Phi) is 7.05. The number of benzene rings is 2. The van der Waals surface area contributed by atoms with Crippen LogP contribution in [0.25, 0.3) is 10.8 Å². The molecule has 2 aromatic rings. The summed E-state index contributed by atoms with van der Waals surface area (Å²) in [6.07, 6.45) is 0. The second-order valence-corrected chi connectivity index (χ2v) is 12.2. The number of nitrogens with two attached hydrogens (primary N) is 1. The highest BCUT2D eigenvalue weighted by molar-refractivity contribution is 8.77. The van der Waals surface area contributed by atoms with Gasteiger partial charge in [-0.2, -0.15) is 0 Å². The summed E-state index contributed by atoms with van der Waals surface area (Å²) in [5.41, 5.74) is 6.86.